The molecule has 0 fully saturated rings. The van der Waals surface area contributed by atoms with E-state index in [1.165, 1.54) is 78.0 Å². The second kappa shape index (κ2) is 11.0. The molecule has 0 bridgehead atoms. The van der Waals surface area contributed by atoms with Crippen LogP contribution in [-0.2, 0) is 5.41 Å². The number of nitrogens with zero attached hydrogens (tertiary/aromatic N) is 2. The fourth-order valence-electron chi connectivity index (χ4n) is 8.25. The third-order valence-corrected chi connectivity index (χ3v) is 10.6. The third kappa shape index (κ3) is 4.40. The molecule has 7 aromatic rings. The summed E-state index contributed by atoms with van der Waals surface area (Å²) in [5.74, 6) is 0.324. The van der Waals surface area contributed by atoms with Gasteiger partial charge in [-0.3, -0.25) is 0 Å². The summed E-state index contributed by atoms with van der Waals surface area (Å²) in [5.41, 5.74) is 15.5. The van der Waals surface area contributed by atoms with Gasteiger partial charge in [0.2, 0.25) is 0 Å². The Bertz CT molecular complexity index is 2410. The highest BCUT2D eigenvalue weighted by Gasteiger charge is 2.36. The van der Waals surface area contributed by atoms with Crippen LogP contribution >= 0.6 is 0 Å². The van der Waals surface area contributed by atoms with Crippen molar-refractivity contribution in [3.8, 4) is 16.8 Å². The molecule has 0 saturated carbocycles. The molecule has 0 amide bonds. The standard InChI is InChI=1S/C46H38N2/c1-31-28-32(33-23-27-45-40(29-33)39-19-11-13-21-44(39)48(45)35-16-8-5-9-17-35)22-26-43(31)47(34-14-6-4-7-15-34)36-24-25-38-37-18-10-12-20-41(37)46(2,3)42(38)30-36/h4-27,29-31H,28H2,1-3H3. The molecule has 9 rings (SSSR count). The fourth-order valence-corrected chi connectivity index (χ4v) is 8.25. The van der Waals surface area contributed by atoms with E-state index in [4.69, 9.17) is 0 Å². The van der Waals surface area contributed by atoms with Gasteiger partial charge in [-0.25, -0.2) is 0 Å². The highest BCUT2D eigenvalue weighted by molar-refractivity contribution is 6.10. The van der Waals surface area contributed by atoms with Crippen LogP contribution in [0.2, 0.25) is 0 Å². The molecule has 6 aromatic carbocycles. The van der Waals surface area contributed by atoms with Crippen LogP contribution in [0.15, 0.2) is 163 Å². The zero-order valence-electron chi connectivity index (χ0n) is 27.7. The smallest absolute Gasteiger partial charge is 0.0541 e. The first-order valence-electron chi connectivity index (χ1n) is 17.1. The van der Waals surface area contributed by atoms with Gasteiger partial charge in [0, 0.05) is 44.9 Å². The summed E-state index contributed by atoms with van der Waals surface area (Å²) in [6.07, 6.45) is 5.69. The Morgan fingerprint density at radius 2 is 1.27 bits per heavy atom. The quantitative estimate of drug-likeness (QED) is 0.186. The Morgan fingerprint density at radius 1 is 0.583 bits per heavy atom. The highest BCUT2D eigenvalue weighted by atomic mass is 15.2. The first-order chi connectivity index (χ1) is 23.5. The average Bonchev–Trinajstić information content (AvgIpc) is 3.58. The second-order valence-electron chi connectivity index (χ2n) is 13.9. The maximum Gasteiger partial charge on any atom is 0.0541 e. The molecular weight excluding hydrogens is 581 g/mol. The minimum atomic E-state index is -0.0494. The number of anilines is 2. The number of allylic oxidation sites excluding steroid dienone is 4. The summed E-state index contributed by atoms with van der Waals surface area (Å²) in [5, 5.41) is 2.58. The van der Waals surface area contributed by atoms with Crippen molar-refractivity contribution in [2.45, 2.75) is 32.6 Å². The molecule has 2 aliphatic carbocycles. The molecule has 0 saturated heterocycles. The van der Waals surface area contributed by atoms with Crippen LogP contribution in [0, 0.1) is 5.92 Å². The zero-order valence-corrected chi connectivity index (χ0v) is 27.7. The number of rotatable bonds is 5. The monoisotopic (exact) mass is 618 g/mol. The number of fused-ring (bicyclic) bond motifs is 6. The van der Waals surface area contributed by atoms with Gasteiger partial charge in [-0.15, -0.1) is 0 Å². The maximum absolute atomic E-state index is 2.48. The van der Waals surface area contributed by atoms with Crippen LogP contribution < -0.4 is 4.90 Å². The Labute approximate surface area is 282 Å². The summed E-state index contributed by atoms with van der Waals surface area (Å²) in [4.78, 5) is 2.48. The van der Waals surface area contributed by atoms with E-state index in [1.807, 2.05) is 0 Å². The van der Waals surface area contributed by atoms with Crippen molar-refractivity contribution in [3.63, 3.8) is 0 Å². The van der Waals surface area contributed by atoms with Crippen molar-refractivity contribution in [2.24, 2.45) is 5.92 Å². The number of benzene rings is 6. The highest BCUT2D eigenvalue weighted by Crippen LogP contribution is 2.51. The van der Waals surface area contributed by atoms with Crippen molar-refractivity contribution in [1.82, 2.24) is 4.57 Å². The van der Waals surface area contributed by atoms with E-state index in [1.54, 1.807) is 0 Å². The van der Waals surface area contributed by atoms with E-state index in [-0.39, 0.29) is 5.41 Å². The molecule has 1 heterocycles. The molecular formula is C46H38N2. The van der Waals surface area contributed by atoms with Crippen LogP contribution in [0.1, 0.15) is 43.9 Å². The van der Waals surface area contributed by atoms with Crippen molar-refractivity contribution in [1.29, 1.82) is 0 Å². The number of para-hydroxylation sites is 3. The van der Waals surface area contributed by atoms with Crippen LogP contribution in [-0.4, -0.2) is 4.57 Å². The number of aromatic nitrogens is 1. The Hall–Kier alpha value is -5.60. The Balaban J connectivity index is 1.14. The lowest BCUT2D eigenvalue weighted by Gasteiger charge is -2.34. The molecule has 0 radical (unpaired) electrons. The van der Waals surface area contributed by atoms with Gasteiger partial charge in [0.15, 0.2) is 0 Å². The average molecular weight is 619 g/mol. The van der Waals surface area contributed by atoms with Crippen molar-refractivity contribution < 1.29 is 0 Å². The predicted octanol–water partition coefficient (Wildman–Crippen LogP) is 12.2. The molecule has 1 unspecified atom stereocenters. The molecule has 2 heteroatoms. The normalized spacial score (nSPS) is 16.4. The minimum absolute atomic E-state index is 0.0494. The molecule has 0 spiro atoms. The van der Waals surface area contributed by atoms with Gasteiger partial charge in [-0.1, -0.05) is 118 Å². The van der Waals surface area contributed by atoms with Crippen molar-refractivity contribution >= 4 is 38.8 Å². The van der Waals surface area contributed by atoms with E-state index in [9.17, 15) is 0 Å². The summed E-state index contributed by atoms with van der Waals surface area (Å²) in [7, 11) is 0. The molecule has 48 heavy (non-hydrogen) atoms. The van der Waals surface area contributed by atoms with E-state index in [0.717, 1.165) is 6.42 Å². The van der Waals surface area contributed by atoms with E-state index >= 15 is 0 Å². The molecule has 0 N–H and O–H groups in total. The van der Waals surface area contributed by atoms with Gasteiger partial charge < -0.3 is 9.47 Å². The zero-order chi connectivity index (χ0) is 32.4. The van der Waals surface area contributed by atoms with Gasteiger partial charge in [0.05, 0.1) is 11.0 Å². The summed E-state index contributed by atoms with van der Waals surface area (Å²) < 4.78 is 2.39. The van der Waals surface area contributed by atoms with Gasteiger partial charge >= 0.3 is 0 Å². The first kappa shape index (κ1) is 28.6. The van der Waals surface area contributed by atoms with Crippen molar-refractivity contribution in [2.75, 3.05) is 4.90 Å². The largest absolute Gasteiger partial charge is 0.314 e. The lowest BCUT2D eigenvalue weighted by molar-refractivity contribution is 0.658. The van der Waals surface area contributed by atoms with Gasteiger partial charge in [-0.05, 0) is 100 Å². The third-order valence-electron chi connectivity index (χ3n) is 10.6. The van der Waals surface area contributed by atoms with Gasteiger partial charge in [0.25, 0.3) is 0 Å². The lowest BCUT2D eigenvalue weighted by Crippen LogP contribution is -2.24. The minimum Gasteiger partial charge on any atom is -0.314 e. The van der Waals surface area contributed by atoms with Crippen molar-refractivity contribution in [3.05, 3.63) is 180 Å². The molecule has 0 aliphatic heterocycles. The van der Waals surface area contributed by atoms with Gasteiger partial charge in [-0.2, -0.15) is 0 Å². The summed E-state index contributed by atoms with van der Waals surface area (Å²) >= 11 is 0. The van der Waals surface area contributed by atoms with E-state index in [0.29, 0.717) is 5.92 Å². The lowest BCUT2D eigenvalue weighted by atomic mass is 9.82. The van der Waals surface area contributed by atoms with Crippen LogP contribution in [0.25, 0.3) is 44.2 Å². The summed E-state index contributed by atoms with van der Waals surface area (Å²) in [6, 6.07) is 53.3. The predicted molar refractivity (Wildman–Crippen MR) is 203 cm³/mol. The summed E-state index contributed by atoms with van der Waals surface area (Å²) in [6.45, 7) is 7.10. The topological polar surface area (TPSA) is 8.17 Å². The molecule has 1 atom stereocenters. The molecule has 2 nitrogen and oxygen atoms in total. The van der Waals surface area contributed by atoms with Crippen LogP contribution in [0.5, 0.6) is 0 Å². The number of hydrogen-bond donors (Lipinski definition) is 0. The fraction of sp³-hybridized carbons (Fsp3) is 0.130. The molecule has 232 valence electrons. The van der Waals surface area contributed by atoms with Crippen LogP contribution in [0.4, 0.5) is 11.4 Å². The second-order valence-corrected chi connectivity index (χ2v) is 13.9. The molecule has 2 aliphatic rings. The first-order valence-corrected chi connectivity index (χ1v) is 17.1. The Morgan fingerprint density at radius 3 is 2.08 bits per heavy atom. The van der Waals surface area contributed by atoms with E-state index < -0.39 is 0 Å². The Kier molecular flexibility index (Phi) is 6.55. The molecule has 1 aromatic heterocycles. The van der Waals surface area contributed by atoms with E-state index in [2.05, 4.69) is 188 Å². The van der Waals surface area contributed by atoms with Crippen LogP contribution in [0.3, 0.4) is 0 Å². The maximum atomic E-state index is 2.48. The number of hydrogen-bond acceptors (Lipinski definition) is 1. The SMILES string of the molecule is CC1CC(c2ccc3c(c2)c2ccccc2n3-c2ccccc2)=CC=C1N(c1ccccc1)c1ccc2c(c1)C(C)(C)c1ccccc1-2. The van der Waals surface area contributed by atoms with Gasteiger partial charge in [0.1, 0.15) is 0 Å².